The minimum atomic E-state index is 0.306. The molecule has 5 heterocycles. The summed E-state index contributed by atoms with van der Waals surface area (Å²) in [5.74, 6) is 2.06. The molecule has 0 aliphatic carbocycles. The second-order valence-corrected chi connectivity index (χ2v) is 10.7. The fraction of sp³-hybridized carbons (Fsp3) is 0.414. The summed E-state index contributed by atoms with van der Waals surface area (Å²) in [5, 5.41) is 9.70. The van der Waals surface area contributed by atoms with Crippen LogP contribution >= 0.6 is 0 Å². The number of nitrogens with zero attached hydrogens (tertiary/aromatic N) is 5. The highest BCUT2D eigenvalue weighted by atomic mass is 16.5. The highest BCUT2D eigenvalue weighted by Crippen LogP contribution is 2.37. The molecule has 2 aromatic carbocycles. The highest BCUT2D eigenvalue weighted by molar-refractivity contribution is 5.98. The number of ether oxygens (including phenoxy) is 1. The number of likely N-dealkylation sites (tertiary alicyclic amines) is 1. The Balaban J connectivity index is 1.13. The van der Waals surface area contributed by atoms with Crippen LogP contribution in [0.5, 0.6) is 11.5 Å². The lowest BCUT2D eigenvalue weighted by molar-refractivity contribution is 0.0977. The molecule has 2 aromatic heterocycles. The largest absolute Gasteiger partial charge is 0.457 e. The number of nitrogens with one attached hydrogen (secondary N) is 1. The molecular weight excluding hydrogens is 462 g/mol. The molecule has 37 heavy (non-hydrogen) atoms. The number of para-hydroxylation sites is 1. The maximum Gasteiger partial charge on any atom is 0.164 e. The molecule has 2 atom stereocenters. The van der Waals surface area contributed by atoms with Crippen LogP contribution in [0.3, 0.4) is 0 Å². The normalized spacial score (nSPS) is 24.5. The van der Waals surface area contributed by atoms with E-state index in [0.717, 1.165) is 77.8 Å². The lowest BCUT2D eigenvalue weighted by atomic mass is 9.95. The van der Waals surface area contributed by atoms with Crippen molar-refractivity contribution < 1.29 is 4.74 Å². The van der Waals surface area contributed by atoms with Crippen LogP contribution in [-0.2, 0) is 0 Å². The molecule has 3 fully saturated rings. The Morgan fingerprint density at radius 3 is 2.24 bits per heavy atom. The van der Waals surface area contributed by atoms with E-state index in [1.54, 1.807) is 6.33 Å². The molecule has 0 spiro atoms. The first-order valence-electron chi connectivity index (χ1n) is 13.5. The third-order valence-corrected chi connectivity index (χ3v) is 8.43. The summed E-state index contributed by atoms with van der Waals surface area (Å²) in [6, 6.07) is 20.3. The van der Waals surface area contributed by atoms with Crippen molar-refractivity contribution in [2.24, 2.45) is 0 Å². The van der Waals surface area contributed by atoms with E-state index in [-0.39, 0.29) is 0 Å². The fourth-order valence-electron chi connectivity index (χ4n) is 6.58. The van der Waals surface area contributed by atoms with Crippen molar-refractivity contribution in [2.45, 2.75) is 62.7 Å². The zero-order chi connectivity index (χ0) is 24.8. The zero-order valence-electron chi connectivity index (χ0n) is 21.0. The van der Waals surface area contributed by atoms with Gasteiger partial charge in [-0.3, -0.25) is 0 Å². The van der Waals surface area contributed by atoms with E-state index in [4.69, 9.17) is 15.6 Å². The van der Waals surface area contributed by atoms with E-state index in [1.807, 2.05) is 54.6 Å². The standard InChI is InChI=1S/C29H33N7O/c30-28-26-27(19-6-10-25(11-7-19)37-24-4-2-1-3-5-24)34-36(29(26)32-18-31-28)22-12-14-35(15-13-22)23-16-20-8-9-21(17-23)33-20/h1-7,10-11,18,20-23,33H,8-9,12-17H2,(H2,30,31,32). The summed E-state index contributed by atoms with van der Waals surface area (Å²) >= 11 is 0. The number of fused-ring (bicyclic) bond motifs is 3. The summed E-state index contributed by atoms with van der Waals surface area (Å²) in [4.78, 5) is 11.7. The number of aromatic nitrogens is 4. The number of hydrogen-bond donors (Lipinski definition) is 2. The molecule has 8 nitrogen and oxygen atoms in total. The number of hydrogen-bond acceptors (Lipinski definition) is 7. The first-order chi connectivity index (χ1) is 18.2. The van der Waals surface area contributed by atoms with Gasteiger partial charge in [-0.2, -0.15) is 5.10 Å². The molecule has 8 heteroatoms. The van der Waals surface area contributed by atoms with Crippen LogP contribution in [-0.4, -0.2) is 55.9 Å². The summed E-state index contributed by atoms with van der Waals surface area (Å²) in [6.07, 6.45) is 8.98. The van der Waals surface area contributed by atoms with Crippen LogP contribution in [0.15, 0.2) is 60.9 Å². The van der Waals surface area contributed by atoms with Gasteiger partial charge in [0.1, 0.15) is 29.3 Å². The quantitative estimate of drug-likeness (QED) is 0.411. The molecule has 0 saturated carbocycles. The summed E-state index contributed by atoms with van der Waals surface area (Å²) in [5.41, 5.74) is 9.01. The van der Waals surface area contributed by atoms with Gasteiger partial charge in [-0.25, -0.2) is 14.6 Å². The van der Waals surface area contributed by atoms with E-state index in [2.05, 4.69) is 24.9 Å². The topological polar surface area (TPSA) is 94.1 Å². The van der Waals surface area contributed by atoms with Crippen LogP contribution in [0.2, 0.25) is 0 Å². The highest BCUT2D eigenvalue weighted by Gasteiger charge is 2.37. The number of benzene rings is 2. The van der Waals surface area contributed by atoms with E-state index in [0.29, 0.717) is 11.9 Å². The third-order valence-electron chi connectivity index (χ3n) is 8.43. The molecule has 190 valence electrons. The lowest BCUT2D eigenvalue weighted by Crippen LogP contribution is -2.50. The third kappa shape index (κ3) is 4.34. The maximum absolute atomic E-state index is 6.38. The first-order valence-corrected chi connectivity index (χ1v) is 13.5. The van der Waals surface area contributed by atoms with Gasteiger partial charge in [0, 0.05) is 36.8 Å². The van der Waals surface area contributed by atoms with E-state index >= 15 is 0 Å². The first kappa shape index (κ1) is 22.7. The van der Waals surface area contributed by atoms with Crippen LogP contribution < -0.4 is 15.8 Å². The van der Waals surface area contributed by atoms with Gasteiger partial charge in [0.15, 0.2) is 5.65 Å². The molecular formula is C29H33N7O. The number of nitrogen functional groups attached to an aromatic ring is 1. The summed E-state index contributed by atoms with van der Waals surface area (Å²) < 4.78 is 8.09. The van der Waals surface area contributed by atoms with Crippen molar-refractivity contribution in [1.29, 1.82) is 0 Å². The minimum Gasteiger partial charge on any atom is -0.457 e. The van der Waals surface area contributed by atoms with Gasteiger partial charge in [0.05, 0.1) is 11.4 Å². The Bertz CT molecular complexity index is 1370. The molecule has 0 radical (unpaired) electrons. The SMILES string of the molecule is Nc1ncnc2c1c(-c1ccc(Oc3ccccc3)cc1)nn2C1CCN(C2CC3CCC(C2)N3)CC1. The molecule has 3 N–H and O–H groups in total. The summed E-state index contributed by atoms with van der Waals surface area (Å²) in [6.45, 7) is 2.22. The average Bonchev–Trinajstić information content (AvgIpc) is 3.50. The Labute approximate surface area is 216 Å². The van der Waals surface area contributed by atoms with E-state index in [1.165, 1.54) is 25.7 Å². The van der Waals surface area contributed by atoms with Crippen molar-refractivity contribution in [3.8, 4) is 22.8 Å². The molecule has 7 rings (SSSR count). The second-order valence-electron chi connectivity index (χ2n) is 10.7. The molecule has 2 bridgehead atoms. The average molecular weight is 496 g/mol. The van der Waals surface area contributed by atoms with Crippen molar-refractivity contribution in [2.75, 3.05) is 18.8 Å². The van der Waals surface area contributed by atoms with E-state index in [9.17, 15) is 0 Å². The van der Waals surface area contributed by atoms with Gasteiger partial charge in [0.2, 0.25) is 0 Å². The Hall–Kier alpha value is -3.49. The summed E-state index contributed by atoms with van der Waals surface area (Å²) in [7, 11) is 0. The molecule has 3 saturated heterocycles. The Kier molecular flexibility index (Phi) is 5.78. The lowest BCUT2D eigenvalue weighted by Gasteiger charge is -2.41. The molecule has 3 aliphatic heterocycles. The van der Waals surface area contributed by atoms with Gasteiger partial charge in [0.25, 0.3) is 0 Å². The van der Waals surface area contributed by atoms with Crippen molar-refractivity contribution in [3.05, 3.63) is 60.9 Å². The molecule has 0 amide bonds. The van der Waals surface area contributed by atoms with Gasteiger partial charge < -0.3 is 20.7 Å². The van der Waals surface area contributed by atoms with Gasteiger partial charge in [-0.15, -0.1) is 0 Å². The Morgan fingerprint density at radius 2 is 1.51 bits per heavy atom. The predicted octanol–water partition coefficient (Wildman–Crippen LogP) is 4.79. The second kappa shape index (κ2) is 9.43. The van der Waals surface area contributed by atoms with Crippen molar-refractivity contribution >= 4 is 16.9 Å². The molecule has 3 aliphatic rings. The van der Waals surface area contributed by atoms with Gasteiger partial charge >= 0.3 is 0 Å². The Morgan fingerprint density at radius 1 is 0.811 bits per heavy atom. The van der Waals surface area contributed by atoms with Crippen LogP contribution in [0.1, 0.15) is 44.6 Å². The minimum absolute atomic E-state index is 0.306. The number of rotatable bonds is 5. The van der Waals surface area contributed by atoms with Crippen LogP contribution in [0.4, 0.5) is 5.82 Å². The van der Waals surface area contributed by atoms with Crippen LogP contribution in [0.25, 0.3) is 22.3 Å². The number of anilines is 1. The van der Waals surface area contributed by atoms with Crippen molar-refractivity contribution in [3.63, 3.8) is 0 Å². The van der Waals surface area contributed by atoms with Gasteiger partial charge in [-0.05, 0) is 74.9 Å². The monoisotopic (exact) mass is 495 g/mol. The predicted molar refractivity (Wildman–Crippen MR) is 144 cm³/mol. The van der Waals surface area contributed by atoms with E-state index < -0.39 is 0 Å². The van der Waals surface area contributed by atoms with Crippen molar-refractivity contribution in [1.82, 2.24) is 30.0 Å². The van der Waals surface area contributed by atoms with Gasteiger partial charge in [-0.1, -0.05) is 18.2 Å². The van der Waals surface area contributed by atoms with Crippen LogP contribution in [0, 0.1) is 0 Å². The zero-order valence-corrected chi connectivity index (χ0v) is 21.0. The molecule has 4 aromatic rings. The number of nitrogens with two attached hydrogens (primary N) is 1. The smallest absolute Gasteiger partial charge is 0.164 e. The number of piperidine rings is 2. The maximum atomic E-state index is 6.38. The fourth-order valence-corrected chi connectivity index (χ4v) is 6.58. The molecule has 2 unspecified atom stereocenters.